The predicted molar refractivity (Wildman–Crippen MR) is 164 cm³/mol. The molecular formula is C37H32N2. The van der Waals surface area contributed by atoms with Crippen molar-refractivity contribution in [1.82, 2.24) is 9.97 Å². The summed E-state index contributed by atoms with van der Waals surface area (Å²) in [4.78, 5) is 10.1. The number of aryl methyl sites for hydroxylation is 2. The average molecular weight is 505 g/mol. The molecule has 2 aromatic heterocycles. The van der Waals surface area contributed by atoms with E-state index in [1.165, 1.54) is 44.5 Å². The van der Waals surface area contributed by atoms with Gasteiger partial charge in [0.2, 0.25) is 0 Å². The van der Waals surface area contributed by atoms with Gasteiger partial charge in [-0.15, -0.1) is 0 Å². The van der Waals surface area contributed by atoms with Crippen LogP contribution in [0.25, 0.3) is 55.2 Å². The number of fused-ring (bicyclic) bond motifs is 6. The minimum Gasteiger partial charge on any atom is -0.251 e. The molecule has 0 atom stereocenters. The van der Waals surface area contributed by atoms with Gasteiger partial charge >= 0.3 is 0 Å². The molecule has 7 rings (SSSR count). The van der Waals surface area contributed by atoms with E-state index in [1.54, 1.807) is 0 Å². The van der Waals surface area contributed by atoms with Gasteiger partial charge < -0.3 is 0 Å². The first kappa shape index (κ1) is 23.8. The van der Waals surface area contributed by atoms with Crippen molar-refractivity contribution in [2.45, 2.75) is 46.0 Å². The largest absolute Gasteiger partial charge is 0.251 e. The summed E-state index contributed by atoms with van der Waals surface area (Å²) < 4.78 is 0. The Bertz CT molecular complexity index is 1910. The highest BCUT2D eigenvalue weighted by Gasteiger charge is 2.35. The lowest BCUT2D eigenvalue weighted by atomic mass is 9.81. The highest BCUT2D eigenvalue weighted by atomic mass is 14.8. The summed E-state index contributed by atoms with van der Waals surface area (Å²) in [6.45, 7) is 9.01. The molecule has 0 bridgehead atoms. The Hall–Kier alpha value is -4.30. The minimum atomic E-state index is -0.0116. The predicted octanol–water partition coefficient (Wildman–Crippen LogP) is 9.55. The molecule has 2 heteroatoms. The number of benzene rings is 4. The average Bonchev–Trinajstić information content (AvgIpc) is 3.22. The van der Waals surface area contributed by atoms with Crippen molar-refractivity contribution in [3.8, 4) is 33.4 Å². The summed E-state index contributed by atoms with van der Waals surface area (Å²) in [6.07, 6.45) is 1.80. The molecule has 0 N–H and O–H groups in total. The number of hydrogen-bond donors (Lipinski definition) is 0. The van der Waals surface area contributed by atoms with Gasteiger partial charge in [0.05, 0.1) is 11.0 Å². The normalized spacial score (nSPS) is 13.5. The van der Waals surface area contributed by atoms with Crippen molar-refractivity contribution in [2.75, 3.05) is 0 Å². The smallest absolute Gasteiger partial charge is 0.0974 e. The third-order valence-electron chi connectivity index (χ3n) is 8.56. The molecule has 0 saturated carbocycles. The van der Waals surface area contributed by atoms with Crippen LogP contribution in [0.1, 0.15) is 50.2 Å². The number of hydrogen-bond acceptors (Lipinski definition) is 2. The van der Waals surface area contributed by atoms with E-state index in [4.69, 9.17) is 9.97 Å². The monoisotopic (exact) mass is 504 g/mol. The summed E-state index contributed by atoms with van der Waals surface area (Å²) in [7, 11) is 0. The fraction of sp³-hybridized carbons (Fsp3) is 0.189. The lowest BCUT2D eigenvalue weighted by Crippen LogP contribution is -2.14. The van der Waals surface area contributed by atoms with E-state index in [1.807, 2.05) is 0 Å². The summed E-state index contributed by atoms with van der Waals surface area (Å²) >= 11 is 0. The maximum absolute atomic E-state index is 5.08. The van der Waals surface area contributed by atoms with Crippen LogP contribution in [0, 0.1) is 0 Å². The molecular weight excluding hydrogens is 472 g/mol. The molecule has 0 fully saturated rings. The Morgan fingerprint density at radius 3 is 2.10 bits per heavy atom. The summed E-state index contributed by atoms with van der Waals surface area (Å²) in [5, 5.41) is 2.30. The first-order chi connectivity index (χ1) is 19.0. The van der Waals surface area contributed by atoms with Gasteiger partial charge in [0, 0.05) is 27.6 Å². The van der Waals surface area contributed by atoms with Gasteiger partial charge in [0.15, 0.2) is 0 Å². The number of pyridine rings is 2. The van der Waals surface area contributed by atoms with E-state index in [2.05, 4.69) is 125 Å². The van der Waals surface area contributed by atoms with Crippen LogP contribution in [0.15, 0.2) is 97.1 Å². The van der Waals surface area contributed by atoms with Crippen LogP contribution in [0.2, 0.25) is 0 Å². The lowest BCUT2D eigenvalue weighted by molar-refractivity contribution is 0.660. The second kappa shape index (κ2) is 8.88. The van der Waals surface area contributed by atoms with Crippen LogP contribution in [0.5, 0.6) is 0 Å². The van der Waals surface area contributed by atoms with Crippen LogP contribution in [0.3, 0.4) is 0 Å². The maximum atomic E-state index is 5.08. The van der Waals surface area contributed by atoms with Crippen molar-refractivity contribution in [1.29, 1.82) is 0 Å². The zero-order valence-electron chi connectivity index (χ0n) is 23.0. The lowest BCUT2D eigenvalue weighted by Gasteiger charge is -2.22. The SMILES string of the molecule is CCc1ccc2ccc3c(-c4cccc(-c5ccc6c(c5)C(C)(C)c5ccccc5-6)c4)cc(CC)nc3c2n1. The first-order valence-corrected chi connectivity index (χ1v) is 14.1. The molecule has 190 valence electrons. The van der Waals surface area contributed by atoms with Crippen molar-refractivity contribution >= 4 is 21.8 Å². The van der Waals surface area contributed by atoms with Crippen LogP contribution in [0.4, 0.5) is 0 Å². The Kier molecular flexibility index (Phi) is 5.42. The second-order valence-electron chi connectivity index (χ2n) is 11.2. The van der Waals surface area contributed by atoms with E-state index in [0.717, 1.165) is 46.0 Å². The summed E-state index contributed by atoms with van der Waals surface area (Å²) in [6, 6.07) is 35.8. The van der Waals surface area contributed by atoms with E-state index in [9.17, 15) is 0 Å². The molecule has 1 aliphatic carbocycles. The van der Waals surface area contributed by atoms with Gasteiger partial charge in [-0.2, -0.15) is 0 Å². The molecule has 2 nitrogen and oxygen atoms in total. The van der Waals surface area contributed by atoms with E-state index < -0.39 is 0 Å². The van der Waals surface area contributed by atoms with E-state index in [0.29, 0.717) is 0 Å². The van der Waals surface area contributed by atoms with Crippen LogP contribution >= 0.6 is 0 Å². The molecule has 0 amide bonds. The number of rotatable bonds is 4. The molecule has 1 aliphatic rings. The number of nitrogens with zero attached hydrogens (tertiary/aromatic N) is 2. The Morgan fingerprint density at radius 2 is 1.26 bits per heavy atom. The molecule has 39 heavy (non-hydrogen) atoms. The van der Waals surface area contributed by atoms with Crippen LogP contribution in [-0.2, 0) is 18.3 Å². The van der Waals surface area contributed by atoms with Crippen LogP contribution < -0.4 is 0 Å². The highest BCUT2D eigenvalue weighted by Crippen LogP contribution is 2.49. The van der Waals surface area contributed by atoms with Crippen molar-refractivity contribution in [2.24, 2.45) is 0 Å². The number of aromatic nitrogens is 2. The maximum Gasteiger partial charge on any atom is 0.0974 e. The molecule has 4 aromatic carbocycles. The summed E-state index contributed by atoms with van der Waals surface area (Å²) in [5.41, 5.74) is 14.6. The van der Waals surface area contributed by atoms with Gasteiger partial charge in [0.25, 0.3) is 0 Å². The van der Waals surface area contributed by atoms with E-state index >= 15 is 0 Å². The molecule has 0 spiro atoms. The highest BCUT2D eigenvalue weighted by molar-refractivity contribution is 6.08. The van der Waals surface area contributed by atoms with Crippen molar-refractivity contribution in [3.05, 3.63) is 120 Å². The van der Waals surface area contributed by atoms with Gasteiger partial charge in [-0.25, -0.2) is 0 Å². The Labute approximate surface area is 230 Å². The molecule has 0 aliphatic heterocycles. The minimum absolute atomic E-state index is 0.0116. The van der Waals surface area contributed by atoms with Gasteiger partial charge in [-0.05, 0) is 81.6 Å². The first-order valence-electron chi connectivity index (χ1n) is 14.1. The zero-order valence-corrected chi connectivity index (χ0v) is 23.0. The Balaban J connectivity index is 1.39. The molecule has 0 saturated heterocycles. The fourth-order valence-corrected chi connectivity index (χ4v) is 6.33. The van der Waals surface area contributed by atoms with Gasteiger partial charge in [-0.1, -0.05) is 100 Å². The van der Waals surface area contributed by atoms with Crippen molar-refractivity contribution < 1.29 is 0 Å². The van der Waals surface area contributed by atoms with Crippen LogP contribution in [-0.4, -0.2) is 9.97 Å². The van der Waals surface area contributed by atoms with Crippen molar-refractivity contribution in [3.63, 3.8) is 0 Å². The fourth-order valence-electron chi connectivity index (χ4n) is 6.33. The third kappa shape index (κ3) is 3.70. The standard InChI is InChI=1S/C37H32N2/c1-5-27-17-14-23-15-19-31-32(22-28(6-2)39-36(31)35(23)38-27)26-11-9-10-24(20-26)25-16-18-30-29-12-7-8-13-33(29)37(3,4)34(30)21-25/h7-22H,5-6H2,1-4H3. The topological polar surface area (TPSA) is 25.8 Å². The van der Waals surface area contributed by atoms with E-state index in [-0.39, 0.29) is 5.41 Å². The van der Waals surface area contributed by atoms with Gasteiger partial charge in [-0.3, -0.25) is 9.97 Å². The second-order valence-corrected chi connectivity index (χ2v) is 11.2. The molecule has 0 radical (unpaired) electrons. The Morgan fingerprint density at radius 1 is 0.538 bits per heavy atom. The zero-order chi connectivity index (χ0) is 26.7. The molecule has 6 aromatic rings. The quantitative estimate of drug-likeness (QED) is 0.223. The summed E-state index contributed by atoms with van der Waals surface area (Å²) in [5.74, 6) is 0. The van der Waals surface area contributed by atoms with Gasteiger partial charge in [0.1, 0.15) is 0 Å². The third-order valence-corrected chi connectivity index (χ3v) is 8.56. The molecule has 2 heterocycles. The molecule has 0 unspecified atom stereocenters.